The first-order valence-electron chi connectivity index (χ1n) is 7.99. The fraction of sp³-hybridized carbons (Fsp3) is 0.211. The molecule has 1 aromatic carbocycles. The van der Waals surface area contributed by atoms with Gasteiger partial charge in [-0.15, -0.1) is 6.10 Å². The van der Waals surface area contributed by atoms with E-state index in [1.54, 1.807) is 35.1 Å². The number of phenols is 1. The van der Waals surface area contributed by atoms with Gasteiger partial charge in [0.25, 0.3) is 0 Å². The van der Waals surface area contributed by atoms with Crippen molar-refractivity contribution in [2.45, 2.75) is 25.9 Å². The van der Waals surface area contributed by atoms with E-state index < -0.39 is 6.10 Å². The molecule has 0 saturated carbocycles. The van der Waals surface area contributed by atoms with Crippen LogP contribution >= 0.6 is 0 Å². The van der Waals surface area contributed by atoms with Crippen molar-refractivity contribution < 1.29 is 15.0 Å². The molecule has 0 aliphatic heterocycles. The van der Waals surface area contributed by atoms with Crippen molar-refractivity contribution in [1.82, 2.24) is 14.8 Å². The van der Waals surface area contributed by atoms with E-state index >= 15 is 0 Å². The fourth-order valence-corrected chi connectivity index (χ4v) is 2.76. The average Bonchev–Trinajstić information content (AvgIpc) is 2.97. The Morgan fingerprint density at radius 3 is 2.84 bits per heavy atom. The Labute approximate surface area is 145 Å². The maximum atomic E-state index is 12.0. The van der Waals surface area contributed by atoms with Crippen LogP contribution < -0.4 is 5.11 Å². The van der Waals surface area contributed by atoms with Gasteiger partial charge in [0.2, 0.25) is 0 Å². The molecule has 1 unspecified atom stereocenters. The highest BCUT2D eigenvalue weighted by Crippen LogP contribution is 2.31. The van der Waals surface area contributed by atoms with Gasteiger partial charge in [-0.2, -0.15) is 5.10 Å². The summed E-state index contributed by atoms with van der Waals surface area (Å²) in [5.41, 5.74) is 2.80. The zero-order valence-electron chi connectivity index (χ0n) is 13.8. The lowest BCUT2D eigenvalue weighted by molar-refractivity contribution is -0.417. The van der Waals surface area contributed by atoms with Crippen LogP contribution in [0.25, 0.3) is 17.1 Å². The summed E-state index contributed by atoms with van der Waals surface area (Å²) >= 11 is 0. The van der Waals surface area contributed by atoms with Crippen molar-refractivity contribution in [2.24, 2.45) is 0 Å². The molecule has 128 valence electrons. The molecule has 6 nitrogen and oxygen atoms in total. The molecule has 2 heterocycles. The van der Waals surface area contributed by atoms with E-state index in [4.69, 9.17) is 0 Å². The Kier molecular flexibility index (Phi) is 4.90. The third-order valence-corrected chi connectivity index (χ3v) is 3.89. The van der Waals surface area contributed by atoms with E-state index in [1.165, 1.54) is 0 Å². The smallest absolute Gasteiger partial charge is 0.157 e. The van der Waals surface area contributed by atoms with Gasteiger partial charge in [0.1, 0.15) is 12.0 Å². The summed E-state index contributed by atoms with van der Waals surface area (Å²) in [6.45, 7) is 1.85. The Hall–Kier alpha value is -2.99. The molecule has 0 aliphatic rings. The molecule has 0 aliphatic carbocycles. The number of carbonyl (C=O) groups is 1. The predicted molar refractivity (Wildman–Crippen MR) is 91.4 cm³/mol. The summed E-state index contributed by atoms with van der Waals surface area (Å²) in [6.07, 6.45) is 1.38. The van der Waals surface area contributed by atoms with Crippen LogP contribution in [0.5, 0.6) is 5.75 Å². The van der Waals surface area contributed by atoms with Gasteiger partial charge in [-0.3, -0.25) is 0 Å². The molecule has 0 spiro atoms. The summed E-state index contributed by atoms with van der Waals surface area (Å²) in [4.78, 5) is 15.0. The third-order valence-electron chi connectivity index (χ3n) is 3.89. The number of aryl methyl sites for hydroxylation is 1. The normalized spacial score (nSPS) is 12.1. The minimum absolute atomic E-state index is 0.0429. The number of benzene rings is 1. The number of aromatic hydroxyl groups is 1. The lowest BCUT2D eigenvalue weighted by Gasteiger charge is -2.21. The molecule has 3 aromatic rings. The number of para-hydroxylation sites is 1. The SMILES string of the molecule is Cc1cc(-c2ccccc2O)n(-c2ncccc2CC([O-])CC=O)n1. The van der Waals surface area contributed by atoms with Gasteiger partial charge in [-0.05, 0) is 49.6 Å². The first kappa shape index (κ1) is 16.9. The van der Waals surface area contributed by atoms with Gasteiger partial charge < -0.3 is 15.0 Å². The summed E-state index contributed by atoms with van der Waals surface area (Å²) in [7, 11) is 0. The van der Waals surface area contributed by atoms with Gasteiger partial charge in [0, 0.05) is 11.8 Å². The van der Waals surface area contributed by atoms with E-state index in [0.29, 0.717) is 28.9 Å². The van der Waals surface area contributed by atoms with Crippen LogP contribution in [-0.4, -0.2) is 32.3 Å². The number of carbonyl (C=O) groups excluding carboxylic acids is 1. The Morgan fingerprint density at radius 1 is 1.28 bits per heavy atom. The lowest BCUT2D eigenvalue weighted by Crippen LogP contribution is -2.28. The number of nitrogens with zero attached hydrogens (tertiary/aromatic N) is 3. The molecule has 1 atom stereocenters. The largest absolute Gasteiger partial charge is 0.851 e. The molecule has 0 saturated heterocycles. The quantitative estimate of drug-likeness (QED) is 0.693. The monoisotopic (exact) mass is 336 g/mol. The summed E-state index contributed by atoms with van der Waals surface area (Å²) in [6, 6.07) is 12.4. The van der Waals surface area contributed by atoms with Crippen LogP contribution in [0.2, 0.25) is 0 Å². The maximum Gasteiger partial charge on any atom is 0.157 e. The minimum atomic E-state index is -1.02. The van der Waals surface area contributed by atoms with Crippen LogP contribution in [0.15, 0.2) is 48.7 Å². The molecular weight excluding hydrogens is 318 g/mol. The zero-order chi connectivity index (χ0) is 17.8. The second kappa shape index (κ2) is 7.27. The van der Waals surface area contributed by atoms with Crippen molar-refractivity contribution in [2.75, 3.05) is 0 Å². The highest BCUT2D eigenvalue weighted by molar-refractivity contribution is 5.69. The molecular formula is C19H18N3O3-. The number of aromatic nitrogens is 3. The second-order valence-corrected chi connectivity index (χ2v) is 5.81. The molecule has 2 aromatic heterocycles. The molecule has 25 heavy (non-hydrogen) atoms. The van der Waals surface area contributed by atoms with Crippen LogP contribution in [0.1, 0.15) is 17.7 Å². The first-order valence-corrected chi connectivity index (χ1v) is 7.99. The lowest BCUT2D eigenvalue weighted by atomic mass is 10.1. The van der Waals surface area contributed by atoms with Gasteiger partial charge >= 0.3 is 0 Å². The fourth-order valence-electron chi connectivity index (χ4n) is 2.76. The molecule has 0 amide bonds. The summed E-state index contributed by atoms with van der Waals surface area (Å²) < 4.78 is 1.63. The van der Waals surface area contributed by atoms with Crippen LogP contribution in [0, 0.1) is 6.92 Å². The van der Waals surface area contributed by atoms with Gasteiger partial charge in [-0.25, -0.2) is 9.67 Å². The van der Waals surface area contributed by atoms with Crippen LogP contribution in [0.4, 0.5) is 0 Å². The number of hydrogen-bond acceptors (Lipinski definition) is 5. The van der Waals surface area contributed by atoms with Gasteiger partial charge in [-0.1, -0.05) is 18.2 Å². The molecule has 0 fully saturated rings. The summed E-state index contributed by atoms with van der Waals surface area (Å²) in [5, 5.41) is 26.6. The predicted octanol–water partition coefficient (Wildman–Crippen LogP) is 1.81. The van der Waals surface area contributed by atoms with Gasteiger partial charge in [0.15, 0.2) is 5.82 Å². The van der Waals surface area contributed by atoms with Crippen molar-refractivity contribution >= 4 is 6.29 Å². The van der Waals surface area contributed by atoms with Crippen LogP contribution in [0.3, 0.4) is 0 Å². The molecule has 1 N–H and O–H groups in total. The van der Waals surface area contributed by atoms with E-state index in [-0.39, 0.29) is 18.6 Å². The third kappa shape index (κ3) is 3.59. The highest BCUT2D eigenvalue weighted by Gasteiger charge is 2.16. The van der Waals surface area contributed by atoms with Crippen LogP contribution in [-0.2, 0) is 11.2 Å². The van der Waals surface area contributed by atoms with Crippen molar-refractivity contribution in [3.63, 3.8) is 0 Å². The number of phenolic OH excluding ortho intramolecular Hbond substituents is 1. The van der Waals surface area contributed by atoms with E-state index in [0.717, 1.165) is 5.69 Å². The number of aldehydes is 1. The second-order valence-electron chi connectivity index (χ2n) is 5.81. The number of pyridine rings is 1. The minimum Gasteiger partial charge on any atom is -0.851 e. The topological polar surface area (TPSA) is 91.1 Å². The van der Waals surface area contributed by atoms with Crippen molar-refractivity contribution in [3.05, 3.63) is 59.9 Å². The van der Waals surface area contributed by atoms with Gasteiger partial charge in [0.05, 0.1) is 11.4 Å². The standard InChI is InChI=1S/C19H18N3O3/c1-13-11-17(16-6-2-3-7-18(16)25)22(21-13)19-14(5-4-9-20-19)12-15(24)8-10-23/h2-7,9-11,15,25H,8,12H2,1H3/q-1. The van der Waals surface area contributed by atoms with Crippen molar-refractivity contribution in [1.29, 1.82) is 0 Å². The summed E-state index contributed by atoms with van der Waals surface area (Å²) in [5.74, 6) is 0.671. The van der Waals surface area contributed by atoms with E-state index in [1.807, 2.05) is 25.1 Å². The molecule has 0 bridgehead atoms. The maximum absolute atomic E-state index is 12.0. The Bertz CT molecular complexity index is 889. The van der Waals surface area contributed by atoms with E-state index in [2.05, 4.69) is 10.1 Å². The number of hydrogen-bond donors (Lipinski definition) is 1. The molecule has 3 rings (SSSR count). The Morgan fingerprint density at radius 2 is 2.08 bits per heavy atom. The highest BCUT2D eigenvalue weighted by atomic mass is 16.3. The molecule has 0 radical (unpaired) electrons. The van der Waals surface area contributed by atoms with E-state index in [9.17, 15) is 15.0 Å². The Balaban J connectivity index is 2.10. The zero-order valence-corrected chi connectivity index (χ0v) is 13.8. The first-order chi connectivity index (χ1) is 12.1. The number of rotatable bonds is 6. The molecule has 6 heteroatoms. The average molecular weight is 336 g/mol. The van der Waals surface area contributed by atoms with Crippen molar-refractivity contribution in [3.8, 4) is 22.8 Å².